The topological polar surface area (TPSA) is 53.1 Å². The molecule has 0 saturated heterocycles. The fraction of sp³-hybridized carbons (Fsp3) is 0.150. The summed E-state index contributed by atoms with van der Waals surface area (Å²) in [5.74, 6) is 0. The Balaban J connectivity index is 2.14. The average Bonchev–Trinajstić information content (AvgIpc) is 3.11. The number of aliphatic hydroxyl groups is 1. The fourth-order valence-electron chi connectivity index (χ4n) is 3.26. The Bertz CT molecular complexity index is 1090. The molecule has 0 radical (unpaired) electrons. The fourth-order valence-corrected chi connectivity index (χ4v) is 4.05. The van der Waals surface area contributed by atoms with E-state index in [9.17, 15) is 9.90 Å². The lowest BCUT2D eigenvalue weighted by atomic mass is 9.93. The number of aryl methyl sites for hydroxylation is 1. The van der Waals surface area contributed by atoms with Gasteiger partial charge in [0.05, 0.1) is 6.61 Å². The maximum absolute atomic E-state index is 12.2. The third-order valence-electron chi connectivity index (χ3n) is 4.50. The number of hydrogen-bond acceptors (Lipinski definition) is 3. The first-order valence-electron chi connectivity index (χ1n) is 7.98. The maximum atomic E-state index is 12.2. The molecule has 0 aliphatic rings. The van der Waals surface area contributed by atoms with Crippen LogP contribution in [-0.4, -0.2) is 10.1 Å². The second-order valence-electron chi connectivity index (χ2n) is 5.85. The quantitative estimate of drug-likeness (QED) is 0.580. The molecule has 0 fully saturated rings. The third kappa shape index (κ3) is 2.27. The number of aromatic amines is 1. The van der Waals surface area contributed by atoms with Gasteiger partial charge in [0.15, 0.2) is 0 Å². The van der Waals surface area contributed by atoms with Crippen molar-refractivity contribution in [2.75, 3.05) is 0 Å². The number of thiophene rings is 1. The Kier molecular flexibility index (Phi) is 3.71. The van der Waals surface area contributed by atoms with Gasteiger partial charge in [-0.1, -0.05) is 37.3 Å². The van der Waals surface area contributed by atoms with E-state index in [-0.39, 0.29) is 12.2 Å². The van der Waals surface area contributed by atoms with Gasteiger partial charge in [0.2, 0.25) is 0 Å². The van der Waals surface area contributed by atoms with Crippen LogP contribution in [0.2, 0.25) is 0 Å². The van der Waals surface area contributed by atoms with Crippen LogP contribution in [0.15, 0.2) is 52.6 Å². The van der Waals surface area contributed by atoms with Crippen molar-refractivity contribution in [3.8, 4) is 11.1 Å². The van der Waals surface area contributed by atoms with Crippen LogP contribution in [0.3, 0.4) is 0 Å². The summed E-state index contributed by atoms with van der Waals surface area (Å²) in [6.45, 7) is 2.09. The van der Waals surface area contributed by atoms with Gasteiger partial charge in [0.1, 0.15) is 4.70 Å². The molecule has 0 aliphatic heterocycles. The van der Waals surface area contributed by atoms with Crippen molar-refractivity contribution in [1.29, 1.82) is 0 Å². The molecule has 2 heterocycles. The number of benzene rings is 2. The standard InChI is InChI=1S/C20H17NO2S/c1-2-12-3-5-13(6-4-12)17-14(11-22)7-8-16-18(17)15-9-10-24-19(15)20(23)21-16/h3-10,22H,2,11H2,1H3,(H,21,23). The Morgan fingerprint density at radius 1 is 1.08 bits per heavy atom. The summed E-state index contributed by atoms with van der Waals surface area (Å²) in [6.07, 6.45) is 0.991. The molecule has 4 aromatic rings. The monoisotopic (exact) mass is 335 g/mol. The van der Waals surface area contributed by atoms with E-state index in [0.717, 1.165) is 44.1 Å². The van der Waals surface area contributed by atoms with Gasteiger partial charge < -0.3 is 10.1 Å². The van der Waals surface area contributed by atoms with E-state index >= 15 is 0 Å². The van der Waals surface area contributed by atoms with Crippen LogP contribution in [0.5, 0.6) is 0 Å². The molecule has 0 amide bonds. The molecule has 0 aliphatic carbocycles. The molecule has 3 nitrogen and oxygen atoms in total. The lowest BCUT2D eigenvalue weighted by Gasteiger charge is -2.13. The van der Waals surface area contributed by atoms with Gasteiger partial charge in [0, 0.05) is 16.3 Å². The number of fused-ring (bicyclic) bond motifs is 3. The number of nitrogens with one attached hydrogen (secondary N) is 1. The van der Waals surface area contributed by atoms with Crippen LogP contribution in [0.25, 0.3) is 32.1 Å². The zero-order valence-electron chi connectivity index (χ0n) is 13.3. The molecule has 24 heavy (non-hydrogen) atoms. The molecule has 2 aromatic carbocycles. The van der Waals surface area contributed by atoms with Crippen LogP contribution >= 0.6 is 11.3 Å². The number of aromatic nitrogens is 1. The predicted octanol–water partition coefficient (Wildman–Crippen LogP) is 4.46. The van der Waals surface area contributed by atoms with Gasteiger partial charge in [-0.3, -0.25) is 4.79 Å². The van der Waals surface area contributed by atoms with E-state index in [2.05, 4.69) is 36.2 Å². The van der Waals surface area contributed by atoms with Gasteiger partial charge in [-0.25, -0.2) is 0 Å². The highest BCUT2D eigenvalue weighted by Gasteiger charge is 2.15. The molecule has 2 aromatic heterocycles. The van der Waals surface area contributed by atoms with Crippen molar-refractivity contribution in [3.63, 3.8) is 0 Å². The molecule has 0 saturated carbocycles. The Morgan fingerprint density at radius 2 is 1.88 bits per heavy atom. The molecule has 4 heteroatoms. The summed E-state index contributed by atoms with van der Waals surface area (Å²) in [4.78, 5) is 15.2. The van der Waals surface area contributed by atoms with Crippen LogP contribution in [0, 0.1) is 0 Å². The number of rotatable bonds is 3. The minimum atomic E-state index is -0.0588. The normalized spacial score (nSPS) is 11.4. The number of pyridine rings is 1. The first kappa shape index (κ1) is 15.1. The summed E-state index contributed by atoms with van der Waals surface area (Å²) in [6, 6.07) is 14.2. The number of aliphatic hydroxyl groups excluding tert-OH is 1. The van der Waals surface area contributed by atoms with Crippen molar-refractivity contribution in [1.82, 2.24) is 4.98 Å². The first-order chi connectivity index (χ1) is 11.7. The van der Waals surface area contributed by atoms with Gasteiger partial charge in [-0.2, -0.15) is 0 Å². The van der Waals surface area contributed by atoms with E-state index in [1.807, 2.05) is 23.6 Å². The van der Waals surface area contributed by atoms with E-state index in [1.165, 1.54) is 16.9 Å². The van der Waals surface area contributed by atoms with Crippen molar-refractivity contribution in [3.05, 3.63) is 69.3 Å². The highest BCUT2D eigenvalue weighted by Crippen LogP contribution is 2.36. The minimum Gasteiger partial charge on any atom is -0.392 e. The maximum Gasteiger partial charge on any atom is 0.266 e. The number of H-pyrrole nitrogens is 1. The molecule has 0 atom stereocenters. The number of hydrogen-bond donors (Lipinski definition) is 2. The van der Waals surface area contributed by atoms with Crippen LogP contribution in [0.4, 0.5) is 0 Å². The van der Waals surface area contributed by atoms with E-state index in [4.69, 9.17) is 0 Å². The van der Waals surface area contributed by atoms with Gasteiger partial charge >= 0.3 is 0 Å². The highest BCUT2D eigenvalue weighted by molar-refractivity contribution is 7.17. The highest BCUT2D eigenvalue weighted by atomic mass is 32.1. The van der Waals surface area contributed by atoms with Crippen LogP contribution < -0.4 is 5.56 Å². The molecule has 0 bridgehead atoms. The third-order valence-corrected chi connectivity index (χ3v) is 5.42. The lowest BCUT2D eigenvalue weighted by molar-refractivity contribution is 0.282. The minimum absolute atomic E-state index is 0.0362. The summed E-state index contributed by atoms with van der Waals surface area (Å²) in [7, 11) is 0. The van der Waals surface area contributed by atoms with E-state index in [0.29, 0.717) is 0 Å². The van der Waals surface area contributed by atoms with Crippen LogP contribution in [-0.2, 0) is 13.0 Å². The summed E-state index contributed by atoms with van der Waals surface area (Å²) in [5, 5.41) is 13.7. The zero-order valence-corrected chi connectivity index (χ0v) is 14.1. The molecular formula is C20H17NO2S. The smallest absolute Gasteiger partial charge is 0.266 e. The van der Waals surface area contributed by atoms with Crippen molar-refractivity contribution < 1.29 is 5.11 Å². The molecule has 4 rings (SSSR count). The Morgan fingerprint density at radius 3 is 2.58 bits per heavy atom. The van der Waals surface area contributed by atoms with E-state index < -0.39 is 0 Å². The summed E-state index contributed by atoms with van der Waals surface area (Å²) in [5.41, 5.74) is 4.94. The Hall–Kier alpha value is -2.43. The Labute approximate surface area is 143 Å². The second-order valence-corrected chi connectivity index (χ2v) is 6.76. The summed E-state index contributed by atoms with van der Waals surface area (Å²) < 4.78 is 0.726. The molecule has 120 valence electrons. The SMILES string of the molecule is CCc1ccc(-c2c(CO)ccc3[nH]c(=O)c4sccc4c23)cc1. The van der Waals surface area contributed by atoms with E-state index in [1.54, 1.807) is 0 Å². The molecule has 0 spiro atoms. The zero-order chi connectivity index (χ0) is 16.7. The predicted molar refractivity (Wildman–Crippen MR) is 101 cm³/mol. The summed E-state index contributed by atoms with van der Waals surface area (Å²) >= 11 is 1.45. The molecule has 0 unspecified atom stereocenters. The van der Waals surface area contributed by atoms with Gasteiger partial charge in [-0.15, -0.1) is 11.3 Å². The van der Waals surface area contributed by atoms with Gasteiger partial charge in [0.25, 0.3) is 5.56 Å². The largest absolute Gasteiger partial charge is 0.392 e. The molecular weight excluding hydrogens is 318 g/mol. The van der Waals surface area contributed by atoms with Crippen molar-refractivity contribution in [2.24, 2.45) is 0 Å². The lowest BCUT2D eigenvalue weighted by Crippen LogP contribution is -2.05. The van der Waals surface area contributed by atoms with Crippen molar-refractivity contribution >= 4 is 32.3 Å². The average molecular weight is 335 g/mol. The molecule has 2 N–H and O–H groups in total. The van der Waals surface area contributed by atoms with Gasteiger partial charge in [-0.05, 0) is 46.2 Å². The second kappa shape index (κ2) is 5.89. The van der Waals surface area contributed by atoms with Crippen LogP contribution in [0.1, 0.15) is 18.1 Å². The first-order valence-corrected chi connectivity index (χ1v) is 8.86. The van der Waals surface area contributed by atoms with Crippen molar-refractivity contribution in [2.45, 2.75) is 20.0 Å².